The third-order valence-electron chi connectivity index (χ3n) is 1.75. The normalized spacial score (nSPS) is 10.6. The number of nitrogens with one attached hydrogen (secondary N) is 1. The molecule has 0 aliphatic carbocycles. The summed E-state index contributed by atoms with van der Waals surface area (Å²) in [6.45, 7) is 6.10. The molecular weight excluding hydrogens is 196 g/mol. The van der Waals surface area contributed by atoms with Gasteiger partial charge < -0.3 is 5.32 Å². The van der Waals surface area contributed by atoms with E-state index in [2.05, 4.69) is 17.2 Å². The number of thiazole rings is 1. The smallest absolute Gasteiger partial charge is 0.226 e. The van der Waals surface area contributed by atoms with Crippen LogP contribution in [0, 0.1) is 5.92 Å². The summed E-state index contributed by atoms with van der Waals surface area (Å²) < 4.78 is 0. The second kappa shape index (κ2) is 5.10. The van der Waals surface area contributed by atoms with Crippen LogP contribution in [0.4, 0.5) is 5.13 Å². The zero-order valence-electron chi connectivity index (χ0n) is 8.83. The highest BCUT2D eigenvalue weighted by Crippen LogP contribution is 2.16. The first-order chi connectivity index (χ1) is 6.61. The number of rotatable bonds is 4. The lowest BCUT2D eigenvalue weighted by Crippen LogP contribution is -2.13. The Hall–Kier alpha value is -0.900. The summed E-state index contributed by atoms with van der Waals surface area (Å²) in [4.78, 5) is 15.6. The molecule has 14 heavy (non-hydrogen) atoms. The van der Waals surface area contributed by atoms with Gasteiger partial charge in [0.15, 0.2) is 5.13 Å². The number of anilines is 1. The van der Waals surface area contributed by atoms with Crippen LogP contribution in [0.15, 0.2) is 5.38 Å². The molecule has 0 aliphatic heterocycles. The number of carbonyl (C=O) groups is 1. The highest BCUT2D eigenvalue weighted by molar-refractivity contribution is 7.13. The molecule has 0 bridgehead atoms. The Morgan fingerprint density at radius 3 is 2.86 bits per heavy atom. The first kappa shape index (κ1) is 11.2. The first-order valence-electron chi connectivity index (χ1n) is 4.86. The van der Waals surface area contributed by atoms with Gasteiger partial charge in [0.1, 0.15) is 0 Å². The van der Waals surface area contributed by atoms with Crippen molar-refractivity contribution in [1.29, 1.82) is 0 Å². The monoisotopic (exact) mass is 212 g/mol. The molecule has 0 aromatic carbocycles. The Balaban J connectivity index is 2.47. The Labute approximate surface area is 88.6 Å². The van der Waals surface area contributed by atoms with E-state index in [9.17, 15) is 4.79 Å². The van der Waals surface area contributed by atoms with E-state index in [4.69, 9.17) is 0 Å². The average molecular weight is 212 g/mol. The van der Waals surface area contributed by atoms with Crippen LogP contribution in [-0.4, -0.2) is 10.9 Å². The molecule has 0 fully saturated rings. The summed E-state index contributed by atoms with van der Waals surface area (Å²) >= 11 is 1.49. The molecule has 1 N–H and O–H groups in total. The Morgan fingerprint density at radius 1 is 1.64 bits per heavy atom. The second-order valence-electron chi connectivity index (χ2n) is 3.64. The van der Waals surface area contributed by atoms with E-state index in [1.54, 1.807) is 0 Å². The predicted octanol–water partition coefficient (Wildman–Crippen LogP) is 2.69. The molecule has 1 aromatic heterocycles. The van der Waals surface area contributed by atoms with Crippen LogP contribution in [0.5, 0.6) is 0 Å². The number of aromatic nitrogens is 1. The van der Waals surface area contributed by atoms with E-state index in [0.717, 1.165) is 12.1 Å². The van der Waals surface area contributed by atoms with Gasteiger partial charge in [-0.2, -0.15) is 0 Å². The van der Waals surface area contributed by atoms with Gasteiger partial charge in [0.25, 0.3) is 0 Å². The summed E-state index contributed by atoms with van der Waals surface area (Å²) in [7, 11) is 0. The molecule has 0 unspecified atom stereocenters. The van der Waals surface area contributed by atoms with Gasteiger partial charge in [-0.15, -0.1) is 11.3 Å². The van der Waals surface area contributed by atoms with Gasteiger partial charge in [0.2, 0.25) is 5.91 Å². The lowest BCUT2D eigenvalue weighted by molar-refractivity contribution is -0.116. The number of hydrogen-bond donors (Lipinski definition) is 1. The minimum Gasteiger partial charge on any atom is -0.302 e. The zero-order valence-corrected chi connectivity index (χ0v) is 9.65. The van der Waals surface area contributed by atoms with E-state index < -0.39 is 0 Å². The van der Waals surface area contributed by atoms with E-state index in [0.29, 0.717) is 17.5 Å². The van der Waals surface area contributed by atoms with Crippen molar-refractivity contribution < 1.29 is 4.79 Å². The maximum Gasteiger partial charge on any atom is 0.226 e. The van der Waals surface area contributed by atoms with Gasteiger partial charge in [-0.05, 0) is 12.3 Å². The maximum atomic E-state index is 11.4. The van der Waals surface area contributed by atoms with E-state index >= 15 is 0 Å². The SMILES string of the molecule is CCc1csc(NC(=O)CC(C)C)n1. The molecule has 4 heteroatoms. The van der Waals surface area contributed by atoms with Crippen molar-refractivity contribution in [2.24, 2.45) is 5.92 Å². The fourth-order valence-electron chi connectivity index (χ4n) is 1.07. The van der Waals surface area contributed by atoms with E-state index in [1.807, 2.05) is 19.2 Å². The lowest BCUT2D eigenvalue weighted by Gasteiger charge is -2.03. The number of hydrogen-bond acceptors (Lipinski definition) is 3. The van der Waals surface area contributed by atoms with E-state index in [-0.39, 0.29) is 5.91 Å². The van der Waals surface area contributed by atoms with Gasteiger partial charge in [-0.3, -0.25) is 4.79 Å². The van der Waals surface area contributed by atoms with Crippen molar-refractivity contribution in [2.75, 3.05) is 5.32 Å². The minimum atomic E-state index is 0.0528. The van der Waals surface area contributed by atoms with Gasteiger partial charge >= 0.3 is 0 Å². The summed E-state index contributed by atoms with van der Waals surface area (Å²) in [5.74, 6) is 0.442. The van der Waals surface area contributed by atoms with Crippen molar-refractivity contribution >= 4 is 22.4 Å². The topological polar surface area (TPSA) is 42.0 Å². The molecular formula is C10H16N2OS. The summed E-state index contributed by atoms with van der Waals surface area (Å²) in [6.07, 6.45) is 1.47. The van der Waals surface area contributed by atoms with Gasteiger partial charge in [-0.1, -0.05) is 20.8 Å². The number of aryl methyl sites for hydroxylation is 1. The molecule has 3 nitrogen and oxygen atoms in total. The lowest BCUT2D eigenvalue weighted by atomic mass is 10.1. The maximum absolute atomic E-state index is 11.4. The zero-order chi connectivity index (χ0) is 10.6. The fraction of sp³-hybridized carbons (Fsp3) is 0.600. The van der Waals surface area contributed by atoms with Crippen LogP contribution in [0.25, 0.3) is 0 Å². The molecule has 0 aliphatic rings. The van der Waals surface area contributed by atoms with Crippen LogP contribution in [0.2, 0.25) is 0 Å². The van der Waals surface area contributed by atoms with Crippen molar-refractivity contribution in [3.63, 3.8) is 0 Å². The summed E-state index contributed by atoms with van der Waals surface area (Å²) in [5.41, 5.74) is 1.04. The largest absolute Gasteiger partial charge is 0.302 e. The van der Waals surface area contributed by atoms with Crippen LogP contribution in [0.3, 0.4) is 0 Å². The van der Waals surface area contributed by atoms with Gasteiger partial charge in [0, 0.05) is 11.8 Å². The van der Waals surface area contributed by atoms with Crippen molar-refractivity contribution in [3.8, 4) is 0 Å². The third kappa shape index (κ3) is 3.46. The van der Waals surface area contributed by atoms with Crippen LogP contribution < -0.4 is 5.32 Å². The molecule has 78 valence electrons. The standard InChI is InChI=1S/C10H16N2OS/c1-4-8-6-14-10(11-8)12-9(13)5-7(2)3/h6-7H,4-5H2,1-3H3,(H,11,12,13). The first-order valence-corrected chi connectivity index (χ1v) is 5.74. The molecule has 0 atom stereocenters. The predicted molar refractivity (Wildman–Crippen MR) is 59.6 cm³/mol. The van der Waals surface area contributed by atoms with Crippen LogP contribution in [0.1, 0.15) is 32.9 Å². The average Bonchev–Trinajstić information content (AvgIpc) is 2.50. The highest BCUT2D eigenvalue weighted by Gasteiger charge is 2.07. The molecule has 1 rings (SSSR count). The molecule has 1 heterocycles. The minimum absolute atomic E-state index is 0.0528. The van der Waals surface area contributed by atoms with Gasteiger partial charge in [0.05, 0.1) is 5.69 Å². The summed E-state index contributed by atoms with van der Waals surface area (Å²) in [5, 5.41) is 5.49. The van der Waals surface area contributed by atoms with Crippen LogP contribution in [-0.2, 0) is 11.2 Å². The molecule has 0 spiro atoms. The molecule has 1 amide bonds. The quantitative estimate of drug-likeness (QED) is 0.833. The molecule has 0 saturated carbocycles. The molecule has 1 aromatic rings. The third-order valence-corrected chi connectivity index (χ3v) is 2.56. The van der Waals surface area contributed by atoms with Crippen molar-refractivity contribution in [2.45, 2.75) is 33.6 Å². The van der Waals surface area contributed by atoms with Gasteiger partial charge in [-0.25, -0.2) is 4.98 Å². The Kier molecular flexibility index (Phi) is 4.07. The molecule has 0 radical (unpaired) electrons. The Bertz CT molecular complexity index is 307. The van der Waals surface area contributed by atoms with E-state index in [1.165, 1.54) is 11.3 Å². The van der Waals surface area contributed by atoms with Crippen molar-refractivity contribution in [3.05, 3.63) is 11.1 Å². The second-order valence-corrected chi connectivity index (χ2v) is 4.50. The van der Waals surface area contributed by atoms with Crippen molar-refractivity contribution in [1.82, 2.24) is 4.98 Å². The fourth-order valence-corrected chi connectivity index (χ4v) is 1.88. The van der Waals surface area contributed by atoms with Crippen LogP contribution >= 0.6 is 11.3 Å². The summed E-state index contributed by atoms with van der Waals surface area (Å²) in [6, 6.07) is 0. The molecule has 0 saturated heterocycles. The number of amides is 1. The number of nitrogens with zero attached hydrogens (tertiary/aromatic N) is 1. The Morgan fingerprint density at radius 2 is 2.36 bits per heavy atom. The number of carbonyl (C=O) groups excluding carboxylic acids is 1. The highest BCUT2D eigenvalue weighted by atomic mass is 32.1.